The van der Waals surface area contributed by atoms with Crippen molar-refractivity contribution >= 4 is 0 Å². The SMILES string of the molecule is CC1=C2C[C@H]3[C@@H](CCC4=C[C@@H](O)CC[C@@]43C)[C@@H]2CC[C@@]2(C1)O[C@@H]1C[C@H](C)CN(CCOCCOCC3=CC(C)CC=C3)C1[C@H]2C. The Labute approximate surface area is 273 Å². The zero-order chi connectivity index (χ0) is 31.3. The molecule has 0 bridgehead atoms. The van der Waals surface area contributed by atoms with E-state index in [0.29, 0.717) is 55.1 Å². The molecule has 2 aliphatic heterocycles. The normalized spacial score (nSPS) is 44.6. The Balaban J connectivity index is 0.970. The molecule has 0 aromatic heterocycles. The molecule has 45 heavy (non-hydrogen) atoms. The summed E-state index contributed by atoms with van der Waals surface area (Å²) in [5.74, 6) is 4.09. The van der Waals surface area contributed by atoms with E-state index >= 15 is 0 Å². The number of hydrogen-bond acceptors (Lipinski definition) is 5. The molecule has 5 nitrogen and oxygen atoms in total. The van der Waals surface area contributed by atoms with E-state index < -0.39 is 0 Å². The van der Waals surface area contributed by atoms with Crippen molar-refractivity contribution < 1.29 is 19.3 Å². The molecule has 0 aromatic rings. The quantitative estimate of drug-likeness (QED) is 0.223. The first kappa shape index (κ1) is 32.3. The highest BCUT2D eigenvalue weighted by Gasteiger charge is 2.59. The summed E-state index contributed by atoms with van der Waals surface area (Å²) in [5.41, 5.74) is 6.58. The Hall–Kier alpha value is -1.24. The summed E-state index contributed by atoms with van der Waals surface area (Å²) in [6.45, 7) is 17.1. The monoisotopic (exact) mass is 619 g/mol. The third-order valence-electron chi connectivity index (χ3n) is 13.8. The second-order valence-electron chi connectivity index (χ2n) is 16.7. The molecule has 1 N–H and O–H groups in total. The number of likely N-dealkylation sites (tertiary alicyclic amines) is 1. The maximum absolute atomic E-state index is 10.4. The predicted molar refractivity (Wildman–Crippen MR) is 181 cm³/mol. The largest absolute Gasteiger partial charge is 0.389 e. The lowest BCUT2D eigenvalue weighted by molar-refractivity contribution is -0.0806. The van der Waals surface area contributed by atoms with E-state index in [9.17, 15) is 5.11 Å². The number of aliphatic hydroxyl groups excluding tert-OH is 1. The van der Waals surface area contributed by atoms with Crippen molar-refractivity contribution in [3.8, 4) is 0 Å². The van der Waals surface area contributed by atoms with Crippen molar-refractivity contribution in [1.29, 1.82) is 0 Å². The van der Waals surface area contributed by atoms with Crippen LogP contribution in [0, 0.1) is 40.9 Å². The molecular formula is C40H61NO4. The molecular weight excluding hydrogens is 558 g/mol. The second kappa shape index (κ2) is 13.0. The van der Waals surface area contributed by atoms with E-state index in [1.807, 2.05) is 0 Å². The fourth-order valence-electron chi connectivity index (χ4n) is 11.5. The van der Waals surface area contributed by atoms with Crippen LogP contribution in [-0.4, -0.2) is 73.4 Å². The van der Waals surface area contributed by atoms with Gasteiger partial charge < -0.3 is 19.3 Å². The molecule has 11 atom stereocenters. The van der Waals surface area contributed by atoms with Gasteiger partial charge in [-0.15, -0.1) is 0 Å². The zero-order valence-electron chi connectivity index (χ0n) is 28.9. The summed E-state index contributed by atoms with van der Waals surface area (Å²) in [4.78, 5) is 2.73. The van der Waals surface area contributed by atoms with E-state index in [0.717, 1.165) is 63.1 Å². The number of ether oxygens (including phenoxy) is 3. The van der Waals surface area contributed by atoms with E-state index in [1.165, 1.54) is 44.1 Å². The van der Waals surface area contributed by atoms with Crippen molar-refractivity contribution in [3.63, 3.8) is 0 Å². The smallest absolute Gasteiger partial charge is 0.0765 e. The average molecular weight is 620 g/mol. The minimum absolute atomic E-state index is 0.0262. The summed E-state index contributed by atoms with van der Waals surface area (Å²) >= 11 is 0. The van der Waals surface area contributed by atoms with Crippen molar-refractivity contribution in [3.05, 3.63) is 46.6 Å². The molecule has 2 heterocycles. The Morgan fingerprint density at radius 1 is 1.04 bits per heavy atom. The van der Waals surface area contributed by atoms with Crippen LogP contribution in [0.5, 0.6) is 0 Å². The lowest BCUT2D eigenvalue weighted by Crippen LogP contribution is -2.52. The first-order chi connectivity index (χ1) is 21.7. The van der Waals surface area contributed by atoms with Crippen molar-refractivity contribution in [2.75, 3.05) is 39.5 Å². The van der Waals surface area contributed by atoms with Gasteiger partial charge in [0.1, 0.15) is 0 Å². The van der Waals surface area contributed by atoms with Crippen LogP contribution in [0.1, 0.15) is 98.8 Å². The fraction of sp³-hybridized carbons (Fsp3) is 0.800. The number of aliphatic hydroxyl groups is 1. The Morgan fingerprint density at radius 3 is 2.73 bits per heavy atom. The van der Waals surface area contributed by atoms with Crippen LogP contribution in [0.25, 0.3) is 0 Å². The number of piperidine rings is 1. The summed E-state index contributed by atoms with van der Waals surface area (Å²) in [6, 6.07) is 0.492. The number of hydrogen-bond donors (Lipinski definition) is 1. The Bertz CT molecular complexity index is 1220. The van der Waals surface area contributed by atoms with Gasteiger partial charge in [-0.3, -0.25) is 4.90 Å². The molecule has 2 saturated heterocycles. The molecule has 0 aromatic carbocycles. The second-order valence-corrected chi connectivity index (χ2v) is 16.7. The zero-order valence-corrected chi connectivity index (χ0v) is 28.9. The van der Waals surface area contributed by atoms with E-state index in [-0.39, 0.29) is 11.7 Å². The van der Waals surface area contributed by atoms with Crippen LogP contribution in [0.2, 0.25) is 0 Å². The third kappa shape index (κ3) is 6.12. The molecule has 7 aliphatic rings. The molecule has 0 amide bonds. The van der Waals surface area contributed by atoms with Crippen molar-refractivity contribution in [1.82, 2.24) is 4.90 Å². The highest BCUT2D eigenvalue weighted by atomic mass is 16.5. The lowest BCUT2D eigenvalue weighted by Gasteiger charge is -2.49. The molecule has 250 valence electrons. The van der Waals surface area contributed by atoms with Gasteiger partial charge in [-0.05, 0) is 112 Å². The van der Waals surface area contributed by atoms with Gasteiger partial charge in [0.15, 0.2) is 0 Å². The number of nitrogens with zero attached hydrogens (tertiary/aromatic N) is 1. The molecule has 1 spiro atoms. The number of allylic oxidation sites excluding steroid dienone is 4. The molecule has 7 rings (SSSR count). The van der Waals surface area contributed by atoms with E-state index in [4.69, 9.17) is 14.2 Å². The Morgan fingerprint density at radius 2 is 1.89 bits per heavy atom. The maximum Gasteiger partial charge on any atom is 0.0765 e. The van der Waals surface area contributed by atoms with Crippen molar-refractivity contribution in [2.24, 2.45) is 40.9 Å². The summed E-state index contributed by atoms with van der Waals surface area (Å²) < 4.78 is 19.4. The number of rotatable bonds is 8. The summed E-state index contributed by atoms with van der Waals surface area (Å²) in [6.07, 6.45) is 20.9. The molecule has 4 fully saturated rings. The molecule has 5 heteroatoms. The van der Waals surface area contributed by atoms with Gasteiger partial charge in [-0.2, -0.15) is 0 Å². The van der Waals surface area contributed by atoms with E-state index in [1.54, 1.807) is 16.7 Å². The topological polar surface area (TPSA) is 51.2 Å². The first-order valence-corrected chi connectivity index (χ1v) is 18.7. The van der Waals surface area contributed by atoms with Crippen LogP contribution in [0.3, 0.4) is 0 Å². The maximum atomic E-state index is 10.4. The first-order valence-electron chi connectivity index (χ1n) is 18.7. The van der Waals surface area contributed by atoms with Gasteiger partial charge >= 0.3 is 0 Å². The minimum Gasteiger partial charge on any atom is -0.389 e. The average Bonchev–Trinajstić information content (AvgIpc) is 3.47. The van der Waals surface area contributed by atoms with Gasteiger partial charge in [0.2, 0.25) is 0 Å². The highest BCUT2D eigenvalue weighted by Crippen LogP contribution is 2.64. The van der Waals surface area contributed by atoms with Gasteiger partial charge in [0, 0.05) is 25.0 Å². The van der Waals surface area contributed by atoms with Crippen LogP contribution >= 0.6 is 0 Å². The molecule has 2 saturated carbocycles. The van der Waals surface area contributed by atoms with Crippen LogP contribution in [0.4, 0.5) is 0 Å². The molecule has 5 aliphatic carbocycles. The highest BCUT2D eigenvalue weighted by molar-refractivity contribution is 5.33. The summed E-state index contributed by atoms with van der Waals surface area (Å²) in [5, 5.41) is 10.4. The molecule has 0 radical (unpaired) electrons. The van der Waals surface area contributed by atoms with Gasteiger partial charge in [0.05, 0.1) is 44.2 Å². The summed E-state index contributed by atoms with van der Waals surface area (Å²) in [7, 11) is 0. The van der Waals surface area contributed by atoms with Gasteiger partial charge in [-0.25, -0.2) is 0 Å². The Kier molecular flexibility index (Phi) is 9.33. The van der Waals surface area contributed by atoms with Crippen LogP contribution in [0.15, 0.2) is 46.6 Å². The lowest BCUT2D eigenvalue weighted by atomic mass is 9.56. The number of fused-ring (bicyclic) bond motifs is 6. The van der Waals surface area contributed by atoms with E-state index in [2.05, 4.69) is 63.8 Å². The standard InChI is InChI=1S/C40H61NO4/c1-26-7-6-8-30(19-26)25-44-18-17-43-16-15-41-24-27(2)20-37-38(41)29(4)40(45-37)14-12-33-34-10-9-31-21-32(42)11-13-39(31,5)36(34)22-35(33)28(3)23-40/h6,8,19,21,26-27,29,32-34,36-38,42H,7,9-18,20,22-25H2,1-5H3/t26?,27-,29+,32-,33-,34-,36-,37+,38?,39-,40-/m0/s1. The molecule has 2 unspecified atom stereocenters. The predicted octanol–water partition coefficient (Wildman–Crippen LogP) is 7.66. The van der Waals surface area contributed by atoms with Crippen LogP contribution in [-0.2, 0) is 14.2 Å². The third-order valence-corrected chi connectivity index (χ3v) is 13.8. The fourth-order valence-corrected chi connectivity index (χ4v) is 11.5. The minimum atomic E-state index is -0.222. The van der Waals surface area contributed by atoms with Crippen molar-refractivity contribution in [2.45, 2.75) is 123 Å². The van der Waals surface area contributed by atoms with Gasteiger partial charge in [0.25, 0.3) is 0 Å². The van der Waals surface area contributed by atoms with Crippen LogP contribution < -0.4 is 0 Å². The van der Waals surface area contributed by atoms with Gasteiger partial charge in [-0.1, -0.05) is 68.7 Å².